The molecule has 0 amide bonds. The Kier molecular flexibility index (Phi) is 2.57. The van der Waals surface area contributed by atoms with Crippen molar-refractivity contribution in [2.75, 3.05) is 0 Å². The van der Waals surface area contributed by atoms with Gasteiger partial charge in [-0.15, -0.1) is 0 Å². The molecule has 1 N–H and O–H groups in total. The maximum atomic E-state index is 13.1. The number of alkyl halides is 3. The van der Waals surface area contributed by atoms with Gasteiger partial charge in [0.25, 0.3) is 0 Å². The van der Waals surface area contributed by atoms with Crippen LogP contribution in [0.15, 0.2) is 18.2 Å². The van der Waals surface area contributed by atoms with Crippen molar-refractivity contribution >= 4 is 17.0 Å². The Balaban J connectivity index is 2.33. The van der Waals surface area contributed by atoms with Crippen LogP contribution < -0.4 is 0 Å². The fourth-order valence-electron chi connectivity index (χ4n) is 2.49. The molecule has 1 aromatic carbocycles. The molecule has 1 aliphatic rings. The monoisotopic (exact) mass is 284 g/mol. The van der Waals surface area contributed by atoms with E-state index < -0.39 is 18.0 Å². The zero-order valence-electron chi connectivity index (χ0n) is 10.5. The second-order valence-corrected chi connectivity index (χ2v) is 5.06. The maximum absolute atomic E-state index is 13.1. The SMILES string of the molecule is CC1CC1n1c(C(F)(F)F)nc2c(C(=O)O)cccc21. The highest BCUT2D eigenvalue weighted by molar-refractivity contribution is 6.01. The van der Waals surface area contributed by atoms with E-state index in [0.717, 1.165) is 4.57 Å². The zero-order chi connectivity index (χ0) is 14.7. The molecule has 2 aromatic rings. The molecule has 2 unspecified atom stereocenters. The molecule has 0 radical (unpaired) electrons. The minimum atomic E-state index is -4.60. The zero-order valence-corrected chi connectivity index (χ0v) is 10.5. The molecule has 0 spiro atoms. The third-order valence-electron chi connectivity index (χ3n) is 3.60. The lowest BCUT2D eigenvalue weighted by molar-refractivity contribution is -0.147. The van der Waals surface area contributed by atoms with E-state index in [1.165, 1.54) is 18.2 Å². The highest BCUT2D eigenvalue weighted by Crippen LogP contribution is 2.47. The minimum Gasteiger partial charge on any atom is -0.478 e. The number of aromatic carboxylic acids is 1. The summed E-state index contributed by atoms with van der Waals surface area (Å²) in [6.07, 6.45) is -3.96. The van der Waals surface area contributed by atoms with Gasteiger partial charge in [0.1, 0.15) is 5.52 Å². The van der Waals surface area contributed by atoms with Crippen molar-refractivity contribution in [1.82, 2.24) is 9.55 Å². The molecule has 2 atom stereocenters. The number of carboxylic acid groups (broad SMARTS) is 1. The van der Waals surface area contributed by atoms with Crippen LogP contribution in [0.5, 0.6) is 0 Å². The number of rotatable bonds is 2. The van der Waals surface area contributed by atoms with E-state index >= 15 is 0 Å². The first kappa shape index (κ1) is 13.0. The molecule has 1 fully saturated rings. The average Bonchev–Trinajstić information content (AvgIpc) is 2.92. The fourth-order valence-corrected chi connectivity index (χ4v) is 2.49. The number of para-hydroxylation sites is 1. The number of benzene rings is 1. The van der Waals surface area contributed by atoms with Crippen LogP contribution in [0, 0.1) is 5.92 Å². The van der Waals surface area contributed by atoms with Crippen molar-refractivity contribution in [3.8, 4) is 0 Å². The Bertz CT molecular complexity index is 705. The second kappa shape index (κ2) is 3.97. The summed E-state index contributed by atoms with van der Waals surface area (Å²) in [5, 5.41) is 9.06. The Labute approximate surface area is 111 Å². The van der Waals surface area contributed by atoms with Crippen LogP contribution in [0.3, 0.4) is 0 Å². The Morgan fingerprint density at radius 1 is 1.45 bits per heavy atom. The summed E-state index contributed by atoms with van der Waals surface area (Å²) in [6, 6.07) is 3.92. The summed E-state index contributed by atoms with van der Waals surface area (Å²) in [7, 11) is 0. The molecule has 1 aliphatic carbocycles. The predicted octanol–water partition coefficient (Wildman–Crippen LogP) is 3.33. The molecular weight excluding hydrogens is 273 g/mol. The van der Waals surface area contributed by atoms with Gasteiger partial charge < -0.3 is 9.67 Å². The standard InChI is InChI=1S/C13H11F3N2O2/c1-6-5-9(6)18-8-4-2-3-7(11(19)20)10(8)17-12(18)13(14,15)16/h2-4,6,9H,5H2,1H3,(H,19,20). The van der Waals surface area contributed by atoms with Gasteiger partial charge in [-0.05, 0) is 24.5 Å². The van der Waals surface area contributed by atoms with Gasteiger partial charge in [-0.25, -0.2) is 9.78 Å². The largest absolute Gasteiger partial charge is 0.478 e. The van der Waals surface area contributed by atoms with Crippen molar-refractivity contribution in [3.05, 3.63) is 29.6 Å². The molecule has 0 bridgehead atoms. The number of fused-ring (bicyclic) bond motifs is 1. The number of nitrogens with zero attached hydrogens (tertiary/aromatic N) is 2. The van der Waals surface area contributed by atoms with E-state index in [9.17, 15) is 18.0 Å². The summed E-state index contributed by atoms with van der Waals surface area (Å²) in [4.78, 5) is 14.7. The smallest absolute Gasteiger partial charge is 0.449 e. The van der Waals surface area contributed by atoms with Crippen LogP contribution in [-0.2, 0) is 6.18 Å². The number of carbonyl (C=O) groups is 1. The number of carboxylic acids is 1. The molecule has 1 heterocycles. The van der Waals surface area contributed by atoms with Gasteiger partial charge in [0.2, 0.25) is 5.82 Å². The first-order valence-electron chi connectivity index (χ1n) is 6.12. The van der Waals surface area contributed by atoms with Gasteiger partial charge in [-0.2, -0.15) is 13.2 Å². The lowest BCUT2D eigenvalue weighted by Gasteiger charge is -2.10. The molecule has 1 aromatic heterocycles. The average molecular weight is 284 g/mol. The maximum Gasteiger partial charge on any atom is 0.449 e. The summed E-state index contributed by atoms with van der Waals surface area (Å²) < 4.78 is 40.4. The molecular formula is C13H11F3N2O2. The molecule has 0 aliphatic heterocycles. The van der Waals surface area contributed by atoms with E-state index in [4.69, 9.17) is 5.11 Å². The third-order valence-corrected chi connectivity index (χ3v) is 3.60. The van der Waals surface area contributed by atoms with Crippen LogP contribution in [-0.4, -0.2) is 20.6 Å². The van der Waals surface area contributed by atoms with Crippen LogP contribution in [0.2, 0.25) is 0 Å². The molecule has 4 nitrogen and oxygen atoms in total. The molecule has 0 saturated heterocycles. The molecule has 20 heavy (non-hydrogen) atoms. The summed E-state index contributed by atoms with van der Waals surface area (Å²) >= 11 is 0. The molecule has 3 rings (SSSR count). The van der Waals surface area contributed by atoms with E-state index in [2.05, 4.69) is 4.98 Å². The highest BCUT2D eigenvalue weighted by Gasteiger charge is 2.45. The predicted molar refractivity (Wildman–Crippen MR) is 64.5 cm³/mol. The highest BCUT2D eigenvalue weighted by atomic mass is 19.4. The van der Waals surface area contributed by atoms with Crippen molar-refractivity contribution in [3.63, 3.8) is 0 Å². The summed E-state index contributed by atoms with van der Waals surface area (Å²) in [5.74, 6) is -2.16. The van der Waals surface area contributed by atoms with Gasteiger partial charge in [0, 0.05) is 6.04 Å². The quantitative estimate of drug-likeness (QED) is 0.920. The number of hydrogen-bond acceptors (Lipinski definition) is 2. The van der Waals surface area contributed by atoms with Crippen molar-refractivity contribution in [2.45, 2.75) is 25.6 Å². The molecule has 7 heteroatoms. The second-order valence-electron chi connectivity index (χ2n) is 5.06. The van der Waals surface area contributed by atoms with Gasteiger partial charge in [-0.3, -0.25) is 0 Å². The van der Waals surface area contributed by atoms with E-state index in [1.54, 1.807) is 0 Å². The number of imidazole rings is 1. The number of halogens is 3. The third kappa shape index (κ3) is 1.85. The lowest BCUT2D eigenvalue weighted by atomic mass is 10.2. The number of aromatic nitrogens is 2. The topological polar surface area (TPSA) is 55.1 Å². The Morgan fingerprint density at radius 3 is 2.60 bits per heavy atom. The molecule has 106 valence electrons. The first-order valence-corrected chi connectivity index (χ1v) is 6.12. The Morgan fingerprint density at radius 2 is 2.10 bits per heavy atom. The van der Waals surface area contributed by atoms with Crippen molar-refractivity contribution in [1.29, 1.82) is 0 Å². The normalized spacial score (nSPS) is 22.2. The summed E-state index contributed by atoms with van der Waals surface area (Å²) in [6.45, 7) is 1.86. The van der Waals surface area contributed by atoms with Crippen LogP contribution in [0.1, 0.15) is 35.6 Å². The van der Waals surface area contributed by atoms with Gasteiger partial charge in [0.15, 0.2) is 0 Å². The number of hydrogen-bond donors (Lipinski definition) is 1. The summed E-state index contributed by atoms with van der Waals surface area (Å²) in [5.41, 5.74) is -0.0851. The van der Waals surface area contributed by atoms with E-state index in [0.29, 0.717) is 6.42 Å². The van der Waals surface area contributed by atoms with Gasteiger partial charge >= 0.3 is 12.1 Å². The fraction of sp³-hybridized carbons (Fsp3) is 0.385. The van der Waals surface area contributed by atoms with Crippen molar-refractivity contribution < 1.29 is 23.1 Å². The van der Waals surface area contributed by atoms with E-state index in [1.807, 2.05) is 6.92 Å². The lowest BCUT2D eigenvalue weighted by Crippen LogP contribution is -2.14. The van der Waals surface area contributed by atoms with Crippen LogP contribution in [0.4, 0.5) is 13.2 Å². The first-order chi connectivity index (χ1) is 9.30. The van der Waals surface area contributed by atoms with Gasteiger partial charge in [-0.1, -0.05) is 13.0 Å². The van der Waals surface area contributed by atoms with Crippen LogP contribution in [0.25, 0.3) is 11.0 Å². The van der Waals surface area contributed by atoms with E-state index in [-0.39, 0.29) is 28.6 Å². The van der Waals surface area contributed by atoms with Crippen molar-refractivity contribution in [2.24, 2.45) is 5.92 Å². The molecule has 1 saturated carbocycles. The Hall–Kier alpha value is -2.05. The van der Waals surface area contributed by atoms with Crippen LogP contribution >= 0.6 is 0 Å². The van der Waals surface area contributed by atoms with Gasteiger partial charge in [0.05, 0.1) is 11.1 Å². The minimum absolute atomic E-state index is 0.105.